The molecule has 0 fully saturated rings. The molecule has 0 aliphatic carbocycles. The van der Waals surface area contributed by atoms with Crippen molar-refractivity contribution in [2.75, 3.05) is 4.72 Å². The first-order valence-electron chi connectivity index (χ1n) is 6.65. The summed E-state index contributed by atoms with van der Waals surface area (Å²) in [6.07, 6.45) is 0. The van der Waals surface area contributed by atoms with Crippen LogP contribution in [0.15, 0.2) is 41.3 Å². The first-order valence-corrected chi connectivity index (χ1v) is 8.13. The zero-order valence-corrected chi connectivity index (χ0v) is 13.2. The Kier molecular flexibility index (Phi) is 4.34. The standard InChI is InChI=1S/C16H19NO3S/c1-11-6-4-8-15(12(11)2)17-21(19,20)16-9-5-7-14(10-18)13(16)3/h4-9,17-18H,10H2,1-3H3. The van der Waals surface area contributed by atoms with Crippen LogP contribution in [0.5, 0.6) is 0 Å². The van der Waals surface area contributed by atoms with Crippen molar-refractivity contribution in [1.29, 1.82) is 0 Å². The van der Waals surface area contributed by atoms with Crippen molar-refractivity contribution < 1.29 is 13.5 Å². The highest BCUT2D eigenvalue weighted by Gasteiger charge is 2.19. The second-order valence-electron chi connectivity index (χ2n) is 5.05. The van der Waals surface area contributed by atoms with Crippen molar-refractivity contribution in [2.45, 2.75) is 32.3 Å². The molecule has 0 saturated heterocycles. The van der Waals surface area contributed by atoms with Crippen molar-refractivity contribution in [2.24, 2.45) is 0 Å². The number of aliphatic hydroxyl groups excluding tert-OH is 1. The quantitative estimate of drug-likeness (QED) is 0.912. The van der Waals surface area contributed by atoms with E-state index in [4.69, 9.17) is 0 Å². The van der Waals surface area contributed by atoms with Crippen molar-refractivity contribution in [3.8, 4) is 0 Å². The predicted octanol–water partition coefficient (Wildman–Crippen LogP) is 2.90. The second-order valence-corrected chi connectivity index (χ2v) is 6.70. The number of rotatable bonds is 4. The van der Waals surface area contributed by atoms with Gasteiger partial charge in [-0.25, -0.2) is 8.42 Å². The highest BCUT2D eigenvalue weighted by Crippen LogP contribution is 2.24. The van der Waals surface area contributed by atoms with E-state index in [1.807, 2.05) is 26.0 Å². The molecule has 0 heterocycles. The molecule has 0 aliphatic heterocycles. The molecule has 2 aromatic rings. The summed E-state index contributed by atoms with van der Waals surface area (Å²) in [6, 6.07) is 10.4. The lowest BCUT2D eigenvalue weighted by Gasteiger charge is -2.14. The molecule has 0 bridgehead atoms. The molecule has 112 valence electrons. The molecule has 0 spiro atoms. The van der Waals surface area contributed by atoms with Crippen LogP contribution in [0.1, 0.15) is 22.3 Å². The molecular weight excluding hydrogens is 286 g/mol. The van der Waals surface area contributed by atoms with Crippen LogP contribution in [-0.2, 0) is 16.6 Å². The Bertz CT molecular complexity index is 767. The Morgan fingerprint density at radius 2 is 1.67 bits per heavy atom. The maximum atomic E-state index is 12.6. The average molecular weight is 305 g/mol. The molecule has 2 rings (SSSR count). The molecule has 2 aromatic carbocycles. The van der Waals surface area contributed by atoms with Crippen LogP contribution < -0.4 is 4.72 Å². The Labute approximate surface area is 125 Å². The van der Waals surface area contributed by atoms with E-state index in [1.54, 1.807) is 31.2 Å². The van der Waals surface area contributed by atoms with E-state index in [-0.39, 0.29) is 11.5 Å². The van der Waals surface area contributed by atoms with Gasteiger partial charge in [0.1, 0.15) is 0 Å². The van der Waals surface area contributed by atoms with Crippen LogP contribution >= 0.6 is 0 Å². The van der Waals surface area contributed by atoms with Crippen LogP contribution in [0.2, 0.25) is 0 Å². The number of nitrogens with one attached hydrogen (secondary N) is 1. The summed E-state index contributed by atoms with van der Waals surface area (Å²) in [4.78, 5) is 0.190. The lowest BCUT2D eigenvalue weighted by molar-refractivity contribution is 0.280. The minimum absolute atomic E-state index is 0.182. The fourth-order valence-corrected chi connectivity index (χ4v) is 3.60. The van der Waals surface area contributed by atoms with Gasteiger partial charge in [-0.2, -0.15) is 0 Å². The van der Waals surface area contributed by atoms with Crippen LogP contribution in [0.25, 0.3) is 0 Å². The number of hydrogen-bond donors (Lipinski definition) is 2. The highest BCUT2D eigenvalue weighted by molar-refractivity contribution is 7.92. The molecule has 5 heteroatoms. The highest BCUT2D eigenvalue weighted by atomic mass is 32.2. The number of benzene rings is 2. The Hall–Kier alpha value is -1.85. The molecule has 0 amide bonds. The number of hydrogen-bond acceptors (Lipinski definition) is 3. The molecule has 0 aliphatic rings. The largest absolute Gasteiger partial charge is 0.392 e. The van der Waals surface area contributed by atoms with Crippen molar-refractivity contribution in [3.05, 3.63) is 58.7 Å². The van der Waals surface area contributed by atoms with Gasteiger partial charge in [0.05, 0.1) is 17.2 Å². The summed E-state index contributed by atoms with van der Waals surface area (Å²) in [5.74, 6) is 0. The number of aliphatic hydroxyl groups is 1. The van der Waals surface area contributed by atoms with Gasteiger partial charge in [0, 0.05) is 0 Å². The lowest BCUT2D eigenvalue weighted by Crippen LogP contribution is -2.16. The zero-order chi connectivity index (χ0) is 15.6. The molecule has 0 saturated carbocycles. The van der Waals surface area contributed by atoms with Gasteiger partial charge in [-0.3, -0.25) is 4.72 Å². The monoisotopic (exact) mass is 305 g/mol. The van der Waals surface area contributed by atoms with Crippen LogP contribution in [0.4, 0.5) is 5.69 Å². The average Bonchev–Trinajstić information content (AvgIpc) is 2.44. The third-order valence-electron chi connectivity index (χ3n) is 3.71. The van der Waals surface area contributed by atoms with E-state index < -0.39 is 10.0 Å². The Balaban J connectivity index is 2.46. The molecule has 21 heavy (non-hydrogen) atoms. The maximum Gasteiger partial charge on any atom is 0.262 e. The smallest absolute Gasteiger partial charge is 0.262 e. The van der Waals surface area contributed by atoms with E-state index in [9.17, 15) is 13.5 Å². The summed E-state index contributed by atoms with van der Waals surface area (Å²) >= 11 is 0. The topological polar surface area (TPSA) is 66.4 Å². The number of sulfonamides is 1. The molecular formula is C16H19NO3S. The summed E-state index contributed by atoms with van der Waals surface area (Å²) in [5, 5.41) is 9.26. The van der Waals surface area contributed by atoms with Crippen LogP contribution in [0.3, 0.4) is 0 Å². The molecule has 2 N–H and O–H groups in total. The van der Waals surface area contributed by atoms with Crippen molar-refractivity contribution in [1.82, 2.24) is 0 Å². The zero-order valence-electron chi connectivity index (χ0n) is 12.3. The fraction of sp³-hybridized carbons (Fsp3) is 0.250. The third-order valence-corrected chi connectivity index (χ3v) is 5.22. The molecule has 0 radical (unpaired) electrons. The van der Waals surface area contributed by atoms with E-state index in [0.717, 1.165) is 11.1 Å². The maximum absolute atomic E-state index is 12.6. The summed E-state index contributed by atoms with van der Waals surface area (Å²) in [6.45, 7) is 5.33. The summed E-state index contributed by atoms with van der Waals surface area (Å²) in [7, 11) is -3.68. The van der Waals surface area contributed by atoms with Gasteiger partial charge in [-0.15, -0.1) is 0 Å². The van der Waals surface area contributed by atoms with Crippen LogP contribution in [0, 0.1) is 20.8 Å². The molecule has 4 nitrogen and oxygen atoms in total. The third kappa shape index (κ3) is 3.09. The van der Waals surface area contributed by atoms with Crippen LogP contribution in [-0.4, -0.2) is 13.5 Å². The van der Waals surface area contributed by atoms with Crippen molar-refractivity contribution >= 4 is 15.7 Å². The van der Waals surface area contributed by atoms with Gasteiger partial charge in [0.2, 0.25) is 0 Å². The van der Waals surface area contributed by atoms with E-state index in [0.29, 0.717) is 16.8 Å². The number of aryl methyl sites for hydroxylation is 1. The summed E-state index contributed by atoms with van der Waals surface area (Å²) < 4.78 is 27.7. The summed E-state index contributed by atoms with van der Waals surface area (Å²) in [5.41, 5.74) is 3.67. The van der Waals surface area contributed by atoms with Gasteiger partial charge in [-0.05, 0) is 55.2 Å². The lowest BCUT2D eigenvalue weighted by atomic mass is 10.1. The Morgan fingerprint density at radius 1 is 1.00 bits per heavy atom. The molecule has 0 aromatic heterocycles. The molecule has 0 unspecified atom stereocenters. The molecule has 0 atom stereocenters. The van der Waals surface area contributed by atoms with Gasteiger partial charge in [0.15, 0.2) is 0 Å². The Morgan fingerprint density at radius 3 is 2.33 bits per heavy atom. The van der Waals surface area contributed by atoms with Gasteiger partial charge < -0.3 is 5.11 Å². The van der Waals surface area contributed by atoms with Crippen molar-refractivity contribution in [3.63, 3.8) is 0 Å². The van der Waals surface area contributed by atoms with E-state index in [1.165, 1.54) is 0 Å². The normalized spacial score (nSPS) is 11.4. The van der Waals surface area contributed by atoms with Gasteiger partial charge >= 0.3 is 0 Å². The van der Waals surface area contributed by atoms with E-state index >= 15 is 0 Å². The first kappa shape index (κ1) is 15.5. The fourth-order valence-electron chi connectivity index (χ4n) is 2.18. The second kappa shape index (κ2) is 5.87. The number of anilines is 1. The van der Waals surface area contributed by atoms with Gasteiger partial charge in [-0.1, -0.05) is 24.3 Å². The predicted molar refractivity (Wildman–Crippen MR) is 83.8 cm³/mol. The minimum atomic E-state index is -3.68. The first-order chi connectivity index (χ1) is 9.86. The minimum Gasteiger partial charge on any atom is -0.392 e. The van der Waals surface area contributed by atoms with E-state index in [2.05, 4.69) is 4.72 Å². The SMILES string of the molecule is Cc1cccc(NS(=O)(=O)c2cccc(CO)c2C)c1C. The van der Waals surface area contributed by atoms with Gasteiger partial charge in [0.25, 0.3) is 10.0 Å².